The molecule has 1 fully saturated rings. The van der Waals surface area contributed by atoms with E-state index in [0.29, 0.717) is 13.2 Å². The second kappa shape index (κ2) is 7.91. The zero-order valence-corrected chi connectivity index (χ0v) is 12.9. The van der Waals surface area contributed by atoms with E-state index in [2.05, 4.69) is 10.3 Å². The number of rotatable bonds is 6. The van der Waals surface area contributed by atoms with E-state index < -0.39 is 11.8 Å². The molecule has 1 unspecified atom stereocenters. The van der Waals surface area contributed by atoms with Crippen LogP contribution in [-0.2, 0) is 14.3 Å². The smallest absolute Gasteiger partial charge is 0.343 e. The summed E-state index contributed by atoms with van der Waals surface area (Å²) < 4.78 is 10.2. The third kappa shape index (κ3) is 4.05. The maximum atomic E-state index is 12.5. The van der Waals surface area contributed by atoms with Gasteiger partial charge < -0.3 is 14.8 Å². The number of ether oxygens (including phenoxy) is 2. The van der Waals surface area contributed by atoms with E-state index in [-0.39, 0.29) is 28.9 Å². The molecule has 7 heteroatoms. The van der Waals surface area contributed by atoms with E-state index in [9.17, 15) is 9.59 Å². The largest absolute Gasteiger partial charge is 0.462 e. The average Bonchev–Trinajstić information content (AvgIpc) is 3.01. The van der Waals surface area contributed by atoms with Gasteiger partial charge in [-0.1, -0.05) is 11.6 Å². The number of carbonyl (C=O) groups excluding carboxylic acids is 2. The maximum absolute atomic E-state index is 12.5. The summed E-state index contributed by atoms with van der Waals surface area (Å²) in [5, 5.41) is 3.07. The van der Waals surface area contributed by atoms with Crippen LogP contribution in [0.25, 0.3) is 0 Å². The Morgan fingerprint density at radius 1 is 1.59 bits per heavy atom. The Labute approximate surface area is 133 Å². The lowest BCUT2D eigenvalue weighted by molar-refractivity contribution is -0.138. The normalized spacial score (nSPS) is 18.1. The van der Waals surface area contributed by atoms with Gasteiger partial charge in [0, 0.05) is 19.0 Å². The Morgan fingerprint density at radius 3 is 3.05 bits per heavy atom. The molecule has 0 amide bonds. The lowest BCUT2D eigenvalue weighted by atomic mass is 10.1. The first-order chi connectivity index (χ1) is 10.6. The van der Waals surface area contributed by atoms with Crippen LogP contribution in [0.4, 0.5) is 0 Å². The van der Waals surface area contributed by atoms with Crippen LogP contribution in [0, 0.1) is 0 Å². The third-order valence-electron chi connectivity index (χ3n) is 3.14. The SMILES string of the molecule is CCOC(=O)C(=CNC1CCOC1)C(=O)c1cccnc1Cl. The number of hydrogen-bond donors (Lipinski definition) is 1. The predicted molar refractivity (Wildman–Crippen MR) is 80.7 cm³/mol. The summed E-state index contributed by atoms with van der Waals surface area (Å²) in [7, 11) is 0. The highest BCUT2D eigenvalue weighted by Crippen LogP contribution is 2.17. The second-order valence-electron chi connectivity index (χ2n) is 4.68. The summed E-state index contributed by atoms with van der Waals surface area (Å²) in [4.78, 5) is 28.4. The molecule has 1 aromatic rings. The number of pyridine rings is 1. The fraction of sp³-hybridized carbons (Fsp3) is 0.400. The molecule has 1 N–H and O–H groups in total. The van der Waals surface area contributed by atoms with E-state index >= 15 is 0 Å². The van der Waals surface area contributed by atoms with Crippen LogP contribution in [0.3, 0.4) is 0 Å². The Morgan fingerprint density at radius 2 is 2.41 bits per heavy atom. The van der Waals surface area contributed by atoms with Gasteiger partial charge in [0.1, 0.15) is 10.7 Å². The van der Waals surface area contributed by atoms with Gasteiger partial charge in [-0.2, -0.15) is 0 Å². The van der Waals surface area contributed by atoms with Gasteiger partial charge in [0.25, 0.3) is 0 Å². The third-order valence-corrected chi connectivity index (χ3v) is 3.44. The van der Waals surface area contributed by atoms with E-state index in [1.807, 2.05) is 0 Å². The van der Waals surface area contributed by atoms with E-state index in [1.54, 1.807) is 13.0 Å². The molecule has 2 heterocycles. The molecule has 1 aliphatic rings. The maximum Gasteiger partial charge on any atom is 0.343 e. The number of aromatic nitrogens is 1. The van der Waals surface area contributed by atoms with Crippen LogP contribution in [0.15, 0.2) is 30.1 Å². The second-order valence-corrected chi connectivity index (χ2v) is 5.03. The van der Waals surface area contributed by atoms with Crippen LogP contribution in [0.1, 0.15) is 23.7 Å². The molecule has 1 atom stereocenters. The lowest BCUT2D eigenvalue weighted by Crippen LogP contribution is -2.27. The Kier molecular flexibility index (Phi) is 5.91. The van der Waals surface area contributed by atoms with Crippen molar-refractivity contribution in [2.24, 2.45) is 0 Å². The van der Waals surface area contributed by atoms with Gasteiger partial charge in [0.2, 0.25) is 5.78 Å². The Hall–Kier alpha value is -1.92. The highest BCUT2D eigenvalue weighted by atomic mass is 35.5. The molecule has 2 rings (SSSR count). The molecule has 0 saturated carbocycles. The van der Waals surface area contributed by atoms with Gasteiger partial charge in [-0.25, -0.2) is 9.78 Å². The van der Waals surface area contributed by atoms with E-state index in [1.165, 1.54) is 18.5 Å². The van der Waals surface area contributed by atoms with Crippen LogP contribution in [0.5, 0.6) is 0 Å². The van der Waals surface area contributed by atoms with E-state index in [0.717, 1.165) is 6.42 Å². The molecule has 1 aromatic heterocycles. The van der Waals surface area contributed by atoms with Gasteiger partial charge in [0.05, 0.1) is 24.8 Å². The highest BCUT2D eigenvalue weighted by molar-refractivity contribution is 6.35. The first-order valence-electron chi connectivity index (χ1n) is 6.99. The van der Waals surface area contributed by atoms with Crippen LogP contribution in [0.2, 0.25) is 5.15 Å². The number of carbonyl (C=O) groups is 2. The Bertz CT molecular complexity index is 583. The fourth-order valence-electron chi connectivity index (χ4n) is 1.99. The van der Waals surface area contributed by atoms with Crippen molar-refractivity contribution >= 4 is 23.4 Å². The van der Waals surface area contributed by atoms with Crippen molar-refractivity contribution in [3.8, 4) is 0 Å². The number of halogens is 1. The van der Waals surface area contributed by atoms with E-state index in [4.69, 9.17) is 21.1 Å². The monoisotopic (exact) mass is 324 g/mol. The number of ketones is 1. The minimum absolute atomic E-state index is 0.0481. The fourth-order valence-corrected chi connectivity index (χ4v) is 2.20. The van der Waals surface area contributed by atoms with Crippen LogP contribution in [-0.4, -0.2) is 42.6 Å². The molecular weight excluding hydrogens is 308 g/mol. The summed E-state index contributed by atoms with van der Waals surface area (Å²) >= 11 is 5.92. The standard InChI is InChI=1S/C15H17ClN2O4/c1-2-22-15(20)12(8-18-10-5-7-21-9-10)13(19)11-4-3-6-17-14(11)16/h3-4,6,8,10,18H,2,5,7,9H2,1H3. The molecule has 1 aliphatic heterocycles. The molecule has 0 radical (unpaired) electrons. The average molecular weight is 325 g/mol. The first kappa shape index (κ1) is 16.5. The lowest BCUT2D eigenvalue weighted by Gasteiger charge is -2.11. The summed E-state index contributed by atoms with van der Waals surface area (Å²) in [6, 6.07) is 3.17. The van der Waals surface area contributed by atoms with Crippen molar-refractivity contribution in [3.63, 3.8) is 0 Å². The Balaban J connectivity index is 2.23. The number of Topliss-reactive ketones (excluding diaryl/α,β-unsaturated/α-hetero) is 1. The van der Waals surface area contributed by atoms with Crippen molar-refractivity contribution in [1.29, 1.82) is 0 Å². The van der Waals surface area contributed by atoms with Crippen molar-refractivity contribution in [2.45, 2.75) is 19.4 Å². The molecule has 0 aromatic carbocycles. The molecule has 0 bridgehead atoms. The summed E-state index contributed by atoms with van der Waals surface area (Å²) in [5.41, 5.74) is 0.0524. The summed E-state index contributed by atoms with van der Waals surface area (Å²) in [5.74, 6) is -1.22. The van der Waals surface area contributed by atoms with Gasteiger partial charge in [-0.05, 0) is 25.5 Å². The van der Waals surface area contributed by atoms with Crippen molar-refractivity contribution in [2.75, 3.05) is 19.8 Å². The van der Waals surface area contributed by atoms with Gasteiger partial charge in [-0.3, -0.25) is 4.79 Å². The molecule has 22 heavy (non-hydrogen) atoms. The summed E-state index contributed by atoms with van der Waals surface area (Å²) in [6.07, 6.45) is 3.67. The predicted octanol–water partition coefficient (Wildman–Crippen LogP) is 1.74. The van der Waals surface area contributed by atoms with Crippen LogP contribution >= 0.6 is 11.6 Å². The number of esters is 1. The molecular formula is C15H17ClN2O4. The molecule has 0 aliphatic carbocycles. The highest BCUT2D eigenvalue weighted by Gasteiger charge is 2.24. The van der Waals surface area contributed by atoms with Crippen molar-refractivity contribution < 1.29 is 19.1 Å². The zero-order valence-electron chi connectivity index (χ0n) is 12.2. The van der Waals surface area contributed by atoms with Crippen molar-refractivity contribution in [1.82, 2.24) is 10.3 Å². The van der Waals surface area contributed by atoms with Crippen LogP contribution < -0.4 is 5.32 Å². The number of nitrogens with zero attached hydrogens (tertiary/aromatic N) is 1. The first-order valence-corrected chi connectivity index (χ1v) is 7.37. The molecule has 118 valence electrons. The molecule has 0 spiro atoms. The molecule has 6 nitrogen and oxygen atoms in total. The minimum Gasteiger partial charge on any atom is -0.462 e. The molecule has 1 saturated heterocycles. The zero-order chi connectivity index (χ0) is 15.9. The number of nitrogens with one attached hydrogen (secondary N) is 1. The van der Waals surface area contributed by atoms with Gasteiger partial charge >= 0.3 is 5.97 Å². The van der Waals surface area contributed by atoms with Crippen molar-refractivity contribution in [3.05, 3.63) is 40.8 Å². The quantitative estimate of drug-likeness (QED) is 0.214. The van der Waals surface area contributed by atoms with Gasteiger partial charge in [-0.15, -0.1) is 0 Å². The number of hydrogen-bond acceptors (Lipinski definition) is 6. The van der Waals surface area contributed by atoms with Gasteiger partial charge in [0.15, 0.2) is 0 Å². The topological polar surface area (TPSA) is 77.5 Å². The minimum atomic E-state index is -0.696. The summed E-state index contributed by atoms with van der Waals surface area (Å²) in [6.45, 7) is 3.04.